The van der Waals surface area contributed by atoms with Crippen molar-refractivity contribution in [2.75, 3.05) is 5.75 Å². The normalized spacial score (nSPS) is 26.2. The van der Waals surface area contributed by atoms with Gasteiger partial charge in [-0.2, -0.15) is 0 Å². The highest BCUT2D eigenvalue weighted by molar-refractivity contribution is 7.89. The van der Waals surface area contributed by atoms with Crippen LogP contribution in [0.5, 0.6) is 0 Å². The van der Waals surface area contributed by atoms with Crippen molar-refractivity contribution >= 4 is 11.4 Å². The average molecular weight is 145 g/mol. The summed E-state index contributed by atoms with van der Waals surface area (Å²) in [6.07, 6.45) is 3.84. The summed E-state index contributed by atoms with van der Waals surface area (Å²) in [5.41, 5.74) is 0. The van der Waals surface area contributed by atoms with Crippen molar-refractivity contribution in [2.24, 2.45) is 0 Å². The molecule has 0 aromatic rings. The van der Waals surface area contributed by atoms with Crippen LogP contribution >= 0.6 is 0 Å². The van der Waals surface area contributed by atoms with Gasteiger partial charge in [-0.3, -0.25) is 0 Å². The molecule has 1 atom stereocenters. The van der Waals surface area contributed by atoms with Crippen LogP contribution in [0.25, 0.3) is 0 Å². The van der Waals surface area contributed by atoms with Crippen LogP contribution in [-0.4, -0.2) is 20.7 Å². The van der Waals surface area contributed by atoms with Gasteiger partial charge in [0.15, 0.2) is 5.75 Å². The van der Waals surface area contributed by atoms with E-state index in [9.17, 15) is 4.55 Å². The molecular weight excluding hydrogens is 134 g/mol. The topological polar surface area (TPSA) is 26.3 Å². The lowest BCUT2D eigenvalue weighted by Gasteiger charge is -2.20. The molecule has 0 radical (unpaired) electrons. The minimum atomic E-state index is -0.769. The van der Waals surface area contributed by atoms with E-state index in [0.29, 0.717) is 11.8 Å². The first-order valence-electron chi connectivity index (χ1n) is 3.05. The van der Waals surface area contributed by atoms with E-state index in [1.165, 1.54) is 0 Å². The number of hydrogen-bond acceptors (Lipinski definition) is 2. The zero-order valence-electron chi connectivity index (χ0n) is 5.70. The van der Waals surface area contributed by atoms with Crippen LogP contribution in [-0.2, 0) is 11.4 Å². The molecule has 2 nitrogen and oxygen atoms in total. The van der Waals surface area contributed by atoms with E-state index < -0.39 is 11.4 Å². The molecule has 0 aromatic carbocycles. The molecule has 0 bridgehead atoms. The third kappa shape index (κ3) is 1.40. The molecule has 0 N–H and O–H groups in total. The van der Waals surface area contributed by atoms with Gasteiger partial charge in [0, 0.05) is 6.20 Å². The van der Waals surface area contributed by atoms with Gasteiger partial charge in [-0.25, -0.2) is 4.31 Å². The molecule has 1 aliphatic heterocycles. The Bertz CT molecular complexity index is 124. The molecule has 0 aliphatic carbocycles. The molecule has 9 heavy (non-hydrogen) atoms. The van der Waals surface area contributed by atoms with Crippen LogP contribution in [0, 0.1) is 0 Å². The van der Waals surface area contributed by atoms with E-state index in [4.69, 9.17) is 0 Å². The lowest BCUT2D eigenvalue weighted by atomic mass is 10.4. The van der Waals surface area contributed by atoms with Crippen LogP contribution in [0.3, 0.4) is 0 Å². The molecule has 0 saturated carbocycles. The van der Waals surface area contributed by atoms with Gasteiger partial charge in [0.05, 0.1) is 17.4 Å². The first-order chi connectivity index (χ1) is 4.22. The third-order valence-corrected chi connectivity index (χ3v) is 2.73. The van der Waals surface area contributed by atoms with Crippen molar-refractivity contribution < 1.29 is 4.55 Å². The second-order valence-electron chi connectivity index (χ2n) is 2.33. The van der Waals surface area contributed by atoms with Crippen LogP contribution in [0.1, 0.15) is 13.8 Å². The maximum Gasteiger partial charge on any atom is 0.151 e. The van der Waals surface area contributed by atoms with Crippen LogP contribution in [0.2, 0.25) is 0 Å². The van der Waals surface area contributed by atoms with Crippen molar-refractivity contribution in [1.29, 1.82) is 0 Å². The van der Waals surface area contributed by atoms with Gasteiger partial charge in [0.25, 0.3) is 0 Å². The Hall–Kier alpha value is -0.150. The Morgan fingerprint density at radius 2 is 2.33 bits per heavy atom. The van der Waals surface area contributed by atoms with Gasteiger partial charge in [-0.15, -0.1) is 0 Å². The fourth-order valence-corrected chi connectivity index (χ4v) is 1.91. The lowest BCUT2D eigenvalue weighted by molar-refractivity contribution is 0.452. The predicted octanol–water partition coefficient (Wildman–Crippen LogP) is 0.888. The summed E-state index contributed by atoms with van der Waals surface area (Å²) in [5, 5.41) is 0. The average Bonchev–Trinajstić information content (AvgIpc) is 2.13. The molecule has 1 heterocycles. The molecule has 0 spiro atoms. The molecule has 3 heteroatoms. The highest BCUT2D eigenvalue weighted by Gasteiger charge is 2.21. The van der Waals surface area contributed by atoms with Crippen molar-refractivity contribution in [3.63, 3.8) is 0 Å². The summed E-state index contributed by atoms with van der Waals surface area (Å²) < 4.78 is 12.9. The summed E-state index contributed by atoms with van der Waals surface area (Å²) in [5.74, 6) is 0.693. The van der Waals surface area contributed by atoms with Crippen LogP contribution in [0.15, 0.2) is 12.3 Å². The van der Waals surface area contributed by atoms with E-state index in [2.05, 4.69) is 0 Å². The van der Waals surface area contributed by atoms with Gasteiger partial charge in [0.2, 0.25) is 0 Å². The first kappa shape index (κ1) is 6.96. The zero-order chi connectivity index (χ0) is 6.85. The Labute approximate surface area is 58.9 Å². The third-order valence-electron chi connectivity index (χ3n) is 1.24. The van der Waals surface area contributed by atoms with Gasteiger partial charge in [-0.1, -0.05) is 0 Å². The number of nitrogens with zero attached hydrogens (tertiary/aromatic N) is 1. The van der Waals surface area contributed by atoms with Crippen molar-refractivity contribution in [1.82, 2.24) is 4.31 Å². The Morgan fingerprint density at radius 1 is 1.67 bits per heavy atom. The zero-order valence-corrected chi connectivity index (χ0v) is 6.52. The van der Waals surface area contributed by atoms with E-state index in [1.807, 2.05) is 30.4 Å². The Balaban J connectivity index is 2.49. The second-order valence-corrected chi connectivity index (χ2v) is 3.72. The largest absolute Gasteiger partial charge is 0.593 e. The predicted molar refractivity (Wildman–Crippen MR) is 39.1 cm³/mol. The maximum absolute atomic E-state index is 11.0. The fourth-order valence-electron chi connectivity index (χ4n) is 0.790. The second kappa shape index (κ2) is 2.62. The van der Waals surface area contributed by atoms with Crippen molar-refractivity contribution in [3.8, 4) is 0 Å². The van der Waals surface area contributed by atoms with Crippen molar-refractivity contribution in [2.45, 2.75) is 19.9 Å². The van der Waals surface area contributed by atoms with Crippen LogP contribution < -0.4 is 0 Å². The minimum absolute atomic E-state index is 0.365. The molecular formula is C6H11NOS. The number of rotatable bonds is 1. The summed E-state index contributed by atoms with van der Waals surface area (Å²) >= 11 is -0.769. The van der Waals surface area contributed by atoms with E-state index >= 15 is 0 Å². The SMILES string of the molecule is CC(C)N1C=CC[S+]1[O-]. The highest BCUT2D eigenvalue weighted by Crippen LogP contribution is 2.13. The molecule has 0 saturated heterocycles. The smallest absolute Gasteiger partial charge is 0.151 e. The standard InChI is InChI=1S/C6H11NOS/c1-6(2)7-4-3-5-9(7)8/h3-4,6H,5H2,1-2H3. The summed E-state index contributed by atoms with van der Waals surface area (Å²) in [7, 11) is 0. The summed E-state index contributed by atoms with van der Waals surface area (Å²) in [6, 6.07) is 0.365. The number of hydrogen-bond donors (Lipinski definition) is 0. The van der Waals surface area contributed by atoms with Gasteiger partial charge in [0.1, 0.15) is 0 Å². The molecule has 0 fully saturated rings. The Kier molecular flexibility index (Phi) is 2.03. The molecule has 1 unspecified atom stereocenters. The molecule has 1 rings (SSSR count). The van der Waals surface area contributed by atoms with Gasteiger partial charge in [-0.05, 0) is 19.9 Å². The van der Waals surface area contributed by atoms with E-state index in [1.54, 1.807) is 0 Å². The fraction of sp³-hybridized carbons (Fsp3) is 0.667. The van der Waals surface area contributed by atoms with E-state index in [-0.39, 0.29) is 0 Å². The van der Waals surface area contributed by atoms with Gasteiger partial charge >= 0.3 is 0 Å². The van der Waals surface area contributed by atoms with Gasteiger partial charge < -0.3 is 4.55 Å². The Morgan fingerprint density at radius 3 is 2.56 bits per heavy atom. The van der Waals surface area contributed by atoms with Crippen molar-refractivity contribution in [3.05, 3.63) is 12.3 Å². The molecule has 52 valence electrons. The monoisotopic (exact) mass is 145 g/mol. The highest BCUT2D eigenvalue weighted by atomic mass is 32.2. The summed E-state index contributed by atoms with van der Waals surface area (Å²) in [4.78, 5) is 0. The lowest BCUT2D eigenvalue weighted by Crippen LogP contribution is -2.29. The van der Waals surface area contributed by atoms with Crippen LogP contribution in [0.4, 0.5) is 0 Å². The minimum Gasteiger partial charge on any atom is -0.593 e. The summed E-state index contributed by atoms with van der Waals surface area (Å²) in [6.45, 7) is 4.07. The van der Waals surface area contributed by atoms with E-state index in [0.717, 1.165) is 0 Å². The maximum atomic E-state index is 11.0. The molecule has 0 amide bonds. The molecule has 1 aliphatic rings. The molecule has 0 aromatic heterocycles. The first-order valence-corrected chi connectivity index (χ1v) is 4.33. The quantitative estimate of drug-likeness (QED) is 0.512.